The number of carbonyl (C=O) groups excluding carboxylic acids is 1. The lowest BCUT2D eigenvalue weighted by atomic mass is 9.98. The molecule has 1 unspecified atom stereocenters. The number of benzene rings is 1. The molecule has 5 heteroatoms. The van der Waals surface area contributed by atoms with Gasteiger partial charge in [-0.1, -0.05) is 19.9 Å². The molecule has 2 rings (SSSR count). The number of hydrogen-bond donors (Lipinski definition) is 1. The van der Waals surface area contributed by atoms with Crippen LogP contribution in [0, 0.1) is 18.3 Å². The van der Waals surface area contributed by atoms with E-state index in [0.717, 1.165) is 5.56 Å². The molecule has 1 aromatic heterocycles. The zero-order valence-electron chi connectivity index (χ0n) is 13.7. The van der Waals surface area contributed by atoms with Crippen molar-refractivity contribution in [3.8, 4) is 11.8 Å². The molecular formula is C18H20N2O2S. The average molecular weight is 328 g/mol. The van der Waals surface area contributed by atoms with Crippen molar-refractivity contribution in [3.05, 3.63) is 46.3 Å². The third-order valence-electron chi connectivity index (χ3n) is 3.57. The molecule has 0 radical (unpaired) electrons. The number of rotatable bonds is 5. The maximum atomic E-state index is 12.2. The van der Waals surface area contributed by atoms with Gasteiger partial charge in [0.2, 0.25) is 0 Å². The summed E-state index contributed by atoms with van der Waals surface area (Å²) in [6.45, 7) is 8.03. The highest BCUT2D eigenvalue weighted by molar-refractivity contribution is 7.14. The first kappa shape index (κ1) is 17.0. The number of nitriles is 1. The van der Waals surface area contributed by atoms with Crippen LogP contribution < -0.4 is 10.1 Å². The molecular weight excluding hydrogens is 308 g/mol. The highest BCUT2D eigenvalue weighted by Gasteiger charge is 2.17. The van der Waals surface area contributed by atoms with E-state index in [1.165, 1.54) is 16.9 Å². The van der Waals surface area contributed by atoms with Gasteiger partial charge in [-0.3, -0.25) is 4.79 Å². The number of carbonyl (C=O) groups is 1. The SMILES string of the molecule is Cc1cc(OC(C)C(=O)Nc2sccc2C#N)ccc1C(C)C. The molecule has 0 aliphatic heterocycles. The summed E-state index contributed by atoms with van der Waals surface area (Å²) in [6.07, 6.45) is -0.645. The van der Waals surface area contributed by atoms with Crippen molar-refractivity contribution in [1.29, 1.82) is 5.26 Å². The lowest BCUT2D eigenvalue weighted by Gasteiger charge is -2.16. The van der Waals surface area contributed by atoms with Crippen LogP contribution in [0.5, 0.6) is 5.75 Å². The highest BCUT2D eigenvalue weighted by Crippen LogP contribution is 2.25. The summed E-state index contributed by atoms with van der Waals surface area (Å²) in [5, 5.41) is 14.0. The van der Waals surface area contributed by atoms with E-state index >= 15 is 0 Å². The molecule has 0 saturated heterocycles. The van der Waals surface area contributed by atoms with Crippen molar-refractivity contribution in [2.45, 2.75) is 39.7 Å². The fourth-order valence-corrected chi connectivity index (χ4v) is 3.07. The Bertz CT molecular complexity index is 744. The number of nitrogens with one attached hydrogen (secondary N) is 1. The Labute approximate surface area is 140 Å². The molecule has 1 amide bonds. The minimum atomic E-state index is -0.645. The van der Waals surface area contributed by atoms with Crippen molar-refractivity contribution >= 4 is 22.2 Å². The maximum Gasteiger partial charge on any atom is 0.265 e. The summed E-state index contributed by atoms with van der Waals surface area (Å²) in [6, 6.07) is 9.60. The minimum Gasteiger partial charge on any atom is -0.481 e. The largest absolute Gasteiger partial charge is 0.481 e. The molecule has 1 N–H and O–H groups in total. The van der Waals surface area contributed by atoms with E-state index in [0.29, 0.717) is 22.2 Å². The standard InChI is InChI=1S/C18H20N2O2S/c1-11(2)16-6-5-15(9-12(16)3)22-13(4)17(21)20-18-14(10-19)7-8-23-18/h5-9,11,13H,1-4H3,(H,20,21). The van der Waals surface area contributed by atoms with E-state index in [2.05, 4.69) is 19.2 Å². The van der Waals surface area contributed by atoms with Gasteiger partial charge in [-0.25, -0.2) is 0 Å². The van der Waals surface area contributed by atoms with Crippen molar-refractivity contribution in [2.24, 2.45) is 0 Å². The second-order valence-electron chi connectivity index (χ2n) is 5.70. The van der Waals surface area contributed by atoms with Gasteiger partial charge in [0.25, 0.3) is 5.91 Å². The van der Waals surface area contributed by atoms with Crippen LogP contribution in [0.15, 0.2) is 29.6 Å². The van der Waals surface area contributed by atoms with E-state index in [1.807, 2.05) is 31.2 Å². The highest BCUT2D eigenvalue weighted by atomic mass is 32.1. The lowest BCUT2D eigenvalue weighted by molar-refractivity contribution is -0.122. The molecule has 0 bridgehead atoms. The molecule has 23 heavy (non-hydrogen) atoms. The normalized spacial score (nSPS) is 11.8. The van der Waals surface area contributed by atoms with Crippen molar-refractivity contribution in [1.82, 2.24) is 0 Å². The predicted octanol–water partition coefficient (Wildman–Crippen LogP) is 4.46. The van der Waals surface area contributed by atoms with E-state index in [4.69, 9.17) is 10.00 Å². The Hall–Kier alpha value is -2.32. The molecule has 2 aromatic rings. The third kappa shape index (κ3) is 4.11. The number of thiophene rings is 1. The van der Waals surface area contributed by atoms with Gasteiger partial charge in [0.15, 0.2) is 6.10 Å². The van der Waals surface area contributed by atoms with Crippen LogP contribution in [0.2, 0.25) is 0 Å². The van der Waals surface area contributed by atoms with Crippen LogP contribution in [0.4, 0.5) is 5.00 Å². The van der Waals surface area contributed by atoms with Gasteiger partial charge >= 0.3 is 0 Å². The predicted molar refractivity (Wildman–Crippen MR) is 93.0 cm³/mol. The number of amides is 1. The van der Waals surface area contributed by atoms with Gasteiger partial charge in [0, 0.05) is 0 Å². The third-order valence-corrected chi connectivity index (χ3v) is 4.40. The van der Waals surface area contributed by atoms with Crippen LogP contribution >= 0.6 is 11.3 Å². The molecule has 4 nitrogen and oxygen atoms in total. The summed E-state index contributed by atoms with van der Waals surface area (Å²) in [5.74, 6) is 0.851. The lowest BCUT2D eigenvalue weighted by Crippen LogP contribution is -2.30. The van der Waals surface area contributed by atoms with Gasteiger partial charge in [0.1, 0.15) is 16.8 Å². The zero-order chi connectivity index (χ0) is 17.0. The molecule has 1 atom stereocenters. The first-order chi connectivity index (χ1) is 10.9. The van der Waals surface area contributed by atoms with E-state index < -0.39 is 6.10 Å². The van der Waals surface area contributed by atoms with Gasteiger partial charge in [0.05, 0.1) is 5.56 Å². The van der Waals surface area contributed by atoms with Gasteiger partial charge < -0.3 is 10.1 Å². The fourth-order valence-electron chi connectivity index (χ4n) is 2.33. The number of hydrogen-bond acceptors (Lipinski definition) is 4. The molecule has 120 valence electrons. The van der Waals surface area contributed by atoms with Crippen LogP contribution in [0.25, 0.3) is 0 Å². The second-order valence-corrected chi connectivity index (χ2v) is 6.61. The Balaban J connectivity index is 2.04. The van der Waals surface area contributed by atoms with Crippen LogP contribution in [0.3, 0.4) is 0 Å². The van der Waals surface area contributed by atoms with E-state index in [9.17, 15) is 4.79 Å². The maximum absolute atomic E-state index is 12.2. The average Bonchev–Trinajstić information content (AvgIpc) is 2.94. The molecule has 1 aromatic carbocycles. The Morgan fingerprint density at radius 2 is 2.04 bits per heavy atom. The summed E-state index contributed by atoms with van der Waals surface area (Å²) in [4.78, 5) is 12.2. The summed E-state index contributed by atoms with van der Waals surface area (Å²) in [5.41, 5.74) is 2.88. The van der Waals surface area contributed by atoms with Crippen LogP contribution in [-0.2, 0) is 4.79 Å². The monoisotopic (exact) mass is 328 g/mol. The topological polar surface area (TPSA) is 62.1 Å². The zero-order valence-corrected chi connectivity index (χ0v) is 14.5. The van der Waals surface area contributed by atoms with Gasteiger partial charge in [-0.15, -0.1) is 11.3 Å². The summed E-state index contributed by atoms with van der Waals surface area (Å²) >= 11 is 1.32. The second kappa shape index (κ2) is 7.30. The molecule has 0 saturated carbocycles. The number of nitrogens with zero attached hydrogens (tertiary/aromatic N) is 1. The summed E-state index contributed by atoms with van der Waals surface area (Å²) < 4.78 is 5.72. The molecule has 0 spiro atoms. The quantitative estimate of drug-likeness (QED) is 0.881. The molecule has 1 heterocycles. The van der Waals surface area contributed by atoms with E-state index in [1.54, 1.807) is 18.4 Å². The molecule has 0 fully saturated rings. The minimum absolute atomic E-state index is 0.269. The van der Waals surface area contributed by atoms with Crippen molar-refractivity contribution < 1.29 is 9.53 Å². The Morgan fingerprint density at radius 1 is 1.30 bits per heavy atom. The van der Waals surface area contributed by atoms with Gasteiger partial charge in [-0.2, -0.15) is 5.26 Å². The Kier molecular flexibility index (Phi) is 5.41. The van der Waals surface area contributed by atoms with E-state index in [-0.39, 0.29) is 5.91 Å². The smallest absolute Gasteiger partial charge is 0.265 e. The molecule has 0 aliphatic carbocycles. The van der Waals surface area contributed by atoms with Crippen molar-refractivity contribution in [3.63, 3.8) is 0 Å². The number of anilines is 1. The van der Waals surface area contributed by atoms with Crippen LogP contribution in [0.1, 0.15) is 43.4 Å². The Morgan fingerprint density at radius 3 is 2.65 bits per heavy atom. The summed E-state index contributed by atoms with van der Waals surface area (Å²) in [7, 11) is 0. The number of aryl methyl sites for hydroxylation is 1. The van der Waals surface area contributed by atoms with Gasteiger partial charge in [-0.05, 0) is 54.5 Å². The first-order valence-corrected chi connectivity index (χ1v) is 8.36. The van der Waals surface area contributed by atoms with Crippen molar-refractivity contribution in [2.75, 3.05) is 5.32 Å². The fraction of sp³-hybridized carbons (Fsp3) is 0.333. The first-order valence-electron chi connectivity index (χ1n) is 7.48. The number of ether oxygens (including phenoxy) is 1. The van der Waals surface area contributed by atoms with Crippen LogP contribution in [-0.4, -0.2) is 12.0 Å². The molecule has 0 aliphatic rings.